The Morgan fingerprint density at radius 3 is 2.64 bits per heavy atom. The minimum atomic E-state index is -1.33. The van der Waals surface area contributed by atoms with Crippen LogP contribution >= 0.6 is 15.9 Å². The van der Waals surface area contributed by atoms with E-state index >= 15 is 0 Å². The molecule has 0 saturated carbocycles. The smallest absolute Gasteiger partial charge is 0.248 e. The summed E-state index contributed by atoms with van der Waals surface area (Å²) in [4.78, 5) is 53.1. The summed E-state index contributed by atoms with van der Waals surface area (Å²) in [6, 6.07) is 9.59. The third-order valence-electron chi connectivity index (χ3n) is 6.98. The molecule has 0 radical (unpaired) electrons. The summed E-state index contributed by atoms with van der Waals surface area (Å²) in [6.45, 7) is 2.20. The molecule has 0 aliphatic carbocycles. The fraction of sp³-hybridized carbons (Fsp3) is 0.310. The predicted molar refractivity (Wildman–Crippen MR) is 159 cm³/mol. The number of alkyl halides is 1. The van der Waals surface area contributed by atoms with Crippen LogP contribution in [-0.2, 0) is 20.9 Å². The molecule has 0 unspecified atom stereocenters. The second-order valence-electron chi connectivity index (χ2n) is 9.90. The van der Waals surface area contributed by atoms with Gasteiger partial charge in [-0.2, -0.15) is 0 Å². The summed E-state index contributed by atoms with van der Waals surface area (Å²) in [7, 11) is 1.62. The molecule has 0 bridgehead atoms. The number of aromatic nitrogens is 4. The number of carbonyl (C=O) groups excluding carboxylic acids is 3. The maximum absolute atomic E-state index is 14.5. The molecule has 3 aromatic heterocycles. The number of Topliss-reactive ketones (excluding diaryl/α,β-unsaturated/α-hetero) is 1. The van der Waals surface area contributed by atoms with Crippen LogP contribution in [0.5, 0.6) is 0 Å². The van der Waals surface area contributed by atoms with Gasteiger partial charge in [-0.05, 0) is 52.7 Å². The molecule has 13 heteroatoms. The lowest BCUT2D eigenvalue weighted by Crippen LogP contribution is -2.44. The summed E-state index contributed by atoms with van der Waals surface area (Å²) in [5.74, 6) is -0.338. The number of rotatable bonds is 10. The van der Waals surface area contributed by atoms with Crippen molar-refractivity contribution in [1.29, 1.82) is 0 Å². The molecule has 5 rings (SSSR count). The number of hydrogen-bond acceptors (Lipinski definition) is 8. The van der Waals surface area contributed by atoms with Gasteiger partial charge in [-0.1, -0.05) is 12.1 Å². The molecule has 2 amide bonds. The molecule has 1 aromatic carbocycles. The van der Waals surface area contributed by atoms with Crippen molar-refractivity contribution in [2.24, 2.45) is 0 Å². The van der Waals surface area contributed by atoms with Gasteiger partial charge in [0.25, 0.3) is 0 Å². The van der Waals surface area contributed by atoms with E-state index in [-0.39, 0.29) is 25.3 Å². The fourth-order valence-corrected chi connectivity index (χ4v) is 5.30. The molecular weight excluding hydrogens is 609 g/mol. The minimum Gasteiger partial charge on any atom is -0.383 e. The first-order chi connectivity index (χ1) is 20.2. The highest BCUT2D eigenvalue weighted by Crippen LogP contribution is 2.29. The van der Waals surface area contributed by atoms with Gasteiger partial charge >= 0.3 is 0 Å². The summed E-state index contributed by atoms with van der Waals surface area (Å²) in [6.07, 6.45) is 3.56. The van der Waals surface area contributed by atoms with E-state index < -0.39 is 24.0 Å². The van der Waals surface area contributed by atoms with Gasteiger partial charge < -0.3 is 24.8 Å². The van der Waals surface area contributed by atoms with Crippen molar-refractivity contribution in [2.75, 3.05) is 37.4 Å². The number of hydrogen-bond donors (Lipinski definition) is 2. The number of methoxy groups -OCH3 is 1. The van der Waals surface area contributed by atoms with E-state index in [0.29, 0.717) is 46.0 Å². The van der Waals surface area contributed by atoms with Gasteiger partial charge in [0.1, 0.15) is 29.2 Å². The Kier molecular flexibility index (Phi) is 8.88. The molecule has 1 aliphatic rings. The van der Waals surface area contributed by atoms with Crippen LogP contribution in [0, 0.1) is 0 Å². The molecular formula is C29H29BrFN7O4. The molecule has 1 fully saturated rings. The summed E-state index contributed by atoms with van der Waals surface area (Å²) in [5, 5.41) is 6.40. The van der Waals surface area contributed by atoms with Crippen LogP contribution in [0.3, 0.4) is 0 Å². The van der Waals surface area contributed by atoms with Gasteiger partial charge in [-0.15, -0.1) is 0 Å². The lowest BCUT2D eigenvalue weighted by Gasteiger charge is -2.24. The minimum absolute atomic E-state index is 0.108. The van der Waals surface area contributed by atoms with Crippen LogP contribution in [0.4, 0.5) is 16.2 Å². The number of likely N-dealkylation sites (tertiary alicyclic amines) is 1. The zero-order valence-electron chi connectivity index (χ0n) is 23.0. The molecule has 2 atom stereocenters. The molecule has 4 heterocycles. The van der Waals surface area contributed by atoms with Gasteiger partial charge in [0.05, 0.1) is 13.2 Å². The van der Waals surface area contributed by atoms with Crippen LogP contribution < -0.4 is 10.6 Å². The normalized spacial score (nSPS) is 16.5. The van der Waals surface area contributed by atoms with E-state index in [0.717, 1.165) is 11.1 Å². The first-order valence-corrected chi connectivity index (χ1v) is 14.1. The molecule has 1 aliphatic heterocycles. The van der Waals surface area contributed by atoms with Crippen LogP contribution in [0.1, 0.15) is 23.7 Å². The Labute approximate surface area is 249 Å². The molecule has 1 saturated heterocycles. The average molecular weight is 638 g/mol. The predicted octanol–water partition coefficient (Wildman–Crippen LogP) is 4.09. The zero-order chi connectivity index (χ0) is 29.8. The third kappa shape index (κ3) is 6.47. The Morgan fingerprint density at radius 2 is 1.93 bits per heavy atom. The molecule has 42 heavy (non-hydrogen) atoms. The molecule has 4 aromatic rings. The Morgan fingerprint density at radius 1 is 1.14 bits per heavy atom. The van der Waals surface area contributed by atoms with Crippen LogP contribution in [-0.4, -0.2) is 81.0 Å². The van der Waals surface area contributed by atoms with Crippen molar-refractivity contribution in [3.63, 3.8) is 0 Å². The first-order valence-electron chi connectivity index (χ1n) is 13.3. The summed E-state index contributed by atoms with van der Waals surface area (Å²) >= 11 is 3.25. The second kappa shape index (κ2) is 12.7. The van der Waals surface area contributed by atoms with Gasteiger partial charge in [0, 0.05) is 60.7 Å². The topological polar surface area (TPSA) is 131 Å². The number of amides is 2. The van der Waals surface area contributed by atoms with E-state index in [1.807, 2.05) is 18.2 Å². The van der Waals surface area contributed by atoms with E-state index in [2.05, 4.69) is 41.5 Å². The molecule has 0 spiro atoms. The molecule has 11 nitrogen and oxygen atoms in total. The standard InChI is InChI=1S/C29H29BrFN7O4/c1-17(39)22-15-37(23-7-6-18(10-21(22)23)19-12-33-29(34-13-19)32-8-9-42-2)16-27(40)38-14-20(31)11-24(38)28(41)36-26-5-3-4-25(30)35-26/h3-7,10,12-13,15,20,24H,8-9,11,14,16H2,1-2H3,(H,32,33,34)(H,35,36,41)/t20-,24+/m1/s1. The summed E-state index contributed by atoms with van der Waals surface area (Å²) in [5.41, 5.74) is 2.66. The zero-order valence-corrected chi connectivity index (χ0v) is 24.6. The van der Waals surface area contributed by atoms with Crippen LogP contribution in [0.2, 0.25) is 0 Å². The molecule has 2 N–H and O–H groups in total. The number of halogens is 2. The highest BCUT2D eigenvalue weighted by atomic mass is 79.9. The number of ketones is 1. The van der Waals surface area contributed by atoms with Gasteiger partial charge in [-0.25, -0.2) is 19.3 Å². The van der Waals surface area contributed by atoms with Crippen molar-refractivity contribution >= 4 is 56.2 Å². The maximum atomic E-state index is 14.5. The number of fused-ring (bicyclic) bond motifs is 1. The Hall–Kier alpha value is -4.23. The van der Waals surface area contributed by atoms with E-state index in [1.54, 1.807) is 48.5 Å². The van der Waals surface area contributed by atoms with Gasteiger partial charge in [0.15, 0.2) is 5.78 Å². The Balaban J connectivity index is 1.36. The van der Waals surface area contributed by atoms with Gasteiger partial charge in [-0.3, -0.25) is 14.4 Å². The van der Waals surface area contributed by atoms with E-state index in [1.165, 1.54) is 11.8 Å². The number of ether oxygens (including phenoxy) is 1. The monoisotopic (exact) mass is 637 g/mol. The van der Waals surface area contributed by atoms with Crippen molar-refractivity contribution in [1.82, 2.24) is 24.4 Å². The number of carbonyl (C=O) groups is 3. The van der Waals surface area contributed by atoms with E-state index in [4.69, 9.17) is 4.74 Å². The lowest BCUT2D eigenvalue weighted by atomic mass is 10.0. The van der Waals surface area contributed by atoms with Gasteiger partial charge in [0.2, 0.25) is 17.8 Å². The van der Waals surface area contributed by atoms with Crippen LogP contribution in [0.25, 0.3) is 22.0 Å². The van der Waals surface area contributed by atoms with Crippen molar-refractivity contribution < 1.29 is 23.5 Å². The van der Waals surface area contributed by atoms with Crippen molar-refractivity contribution in [3.05, 3.63) is 65.2 Å². The number of anilines is 2. The number of nitrogens with one attached hydrogen (secondary N) is 2. The maximum Gasteiger partial charge on any atom is 0.248 e. The highest BCUT2D eigenvalue weighted by molar-refractivity contribution is 9.10. The fourth-order valence-electron chi connectivity index (χ4n) is 4.95. The average Bonchev–Trinajstić information content (AvgIpc) is 3.54. The number of nitrogens with zero attached hydrogens (tertiary/aromatic N) is 5. The lowest BCUT2D eigenvalue weighted by molar-refractivity contribution is -0.137. The number of pyridine rings is 1. The second-order valence-corrected chi connectivity index (χ2v) is 10.7. The highest BCUT2D eigenvalue weighted by Gasteiger charge is 2.40. The SMILES string of the molecule is COCCNc1ncc(-c2ccc3c(c2)c(C(C)=O)cn3CC(=O)N2C[C@H](F)C[C@H]2C(=O)Nc2cccc(Br)n2)cn1. The van der Waals surface area contributed by atoms with E-state index in [9.17, 15) is 18.8 Å². The largest absolute Gasteiger partial charge is 0.383 e. The van der Waals surface area contributed by atoms with Crippen molar-refractivity contribution in [3.8, 4) is 11.1 Å². The third-order valence-corrected chi connectivity index (χ3v) is 7.42. The summed E-state index contributed by atoms with van der Waals surface area (Å²) < 4.78 is 21.7. The van der Waals surface area contributed by atoms with Crippen LogP contribution in [0.15, 0.2) is 59.6 Å². The first kappa shape index (κ1) is 29.3. The number of benzene rings is 1. The van der Waals surface area contributed by atoms with Crippen molar-refractivity contribution in [2.45, 2.75) is 32.1 Å². The Bertz CT molecular complexity index is 1630. The molecule has 218 valence electrons. The quantitative estimate of drug-likeness (QED) is 0.151.